The van der Waals surface area contributed by atoms with Gasteiger partial charge in [-0.25, -0.2) is 4.79 Å². The normalized spacial score (nSPS) is 10.9. The standard InChI is InChI=1S/C13H19N3O3/c1-13(2,3)19-8-11(17)15-9-4-6-10(7-5-9)16-12(14)18/h4-7H,8H2,1-3H3,(H,15,17)(H3,14,16,18). The van der Waals surface area contributed by atoms with Crippen molar-refractivity contribution < 1.29 is 14.3 Å². The van der Waals surface area contributed by atoms with Crippen LogP contribution in [-0.2, 0) is 9.53 Å². The topological polar surface area (TPSA) is 93.4 Å². The summed E-state index contributed by atoms with van der Waals surface area (Å²) in [7, 11) is 0. The van der Waals surface area contributed by atoms with Gasteiger partial charge in [-0.2, -0.15) is 0 Å². The van der Waals surface area contributed by atoms with Gasteiger partial charge in [-0.05, 0) is 45.0 Å². The number of amides is 3. The number of hydrogen-bond acceptors (Lipinski definition) is 3. The number of ether oxygens (including phenoxy) is 1. The number of nitrogens with two attached hydrogens (primary N) is 1. The Labute approximate surface area is 112 Å². The molecule has 0 saturated heterocycles. The summed E-state index contributed by atoms with van der Waals surface area (Å²) in [5.74, 6) is -0.231. The van der Waals surface area contributed by atoms with E-state index in [4.69, 9.17) is 10.5 Å². The molecule has 0 saturated carbocycles. The van der Waals surface area contributed by atoms with E-state index in [-0.39, 0.29) is 18.1 Å². The second-order valence-corrected chi connectivity index (χ2v) is 5.02. The molecule has 1 aromatic rings. The van der Waals surface area contributed by atoms with E-state index in [2.05, 4.69) is 10.6 Å². The number of primary amides is 1. The van der Waals surface area contributed by atoms with Crippen LogP contribution in [0.5, 0.6) is 0 Å². The zero-order valence-corrected chi connectivity index (χ0v) is 11.3. The summed E-state index contributed by atoms with van der Waals surface area (Å²) >= 11 is 0. The molecule has 0 aliphatic carbocycles. The fraction of sp³-hybridized carbons (Fsp3) is 0.385. The Kier molecular flexibility index (Phi) is 4.88. The Bertz CT molecular complexity index is 449. The molecule has 0 aliphatic heterocycles. The molecule has 6 heteroatoms. The molecular weight excluding hydrogens is 246 g/mol. The van der Waals surface area contributed by atoms with Gasteiger partial charge in [-0.15, -0.1) is 0 Å². The maximum atomic E-state index is 11.6. The molecule has 104 valence electrons. The lowest BCUT2D eigenvalue weighted by Crippen LogP contribution is -2.27. The molecule has 4 N–H and O–H groups in total. The molecule has 0 spiro atoms. The quantitative estimate of drug-likeness (QED) is 0.776. The van der Waals surface area contributed by atoms with Gasteiger partial charge in [-0.1, -0.05) is 0 Å². The van der Waals surface area contributed by atoms with Crippen molar-refractivity contribution >= 4 is 23.3 Å². The number of urea groups is 1. The molecule has 1 aromatic carbocycles. The van der Waals surface area contributed by atoms with Crippen molar-refractivity contribution in [2.45, 2.75) is 26.4 Å². The molecule has 0 atom stereocenters. The van der Waals surface area contributed by atoms with Crippen LogP contribution in [0.25, 0.3) is 0 Å². The lowest BCUT2D eigenvalue weighted by Gasteiger charge is -2.19. The van der Waals surface area contributed by atoms with Crippen molar-refractivity contribution in [1.82, 2.24) is 0 Å². The molecule has 6 nitrogen and oxygen atoms in total. The van der Waals surface area contributed by atoms with Gasteiger partial charge in [0.25, 0.3) is 0 Å². The van der Waals surface area contributed by atoms with Crippen LogP contribution in [0.1, 0.15) is 20.8 Å². The Morgan fingerprint density at radius 3 is 2.00 bits per heavy atom. The van der Waals surface area contributed by atoms with E-state index in [0.717, 1.165) is 0 Å². The zero-order chi connectivity index (χ0) is 14.5. The summed E-state index contributed by atoms with van der Waals surface area (Å²) in [6.45, 7) is 5.63. The average molecular weight is 265 g/mol. The Morgan fingerprint density at radius 1 is 1.11 bits per heavy atom. The van der Waals surface area contributed by atoms with Gasteiger partial charge >= 0.3 is 6.03 Å². The summed E-state index contributed by atoms with van der Waals surface area (Å²) in [6, 6.07) is 5.99. The molecule has 0 aliphatic rings. The minimum Gasteiger partial charge on any atom is -0.366 e. The third kappa shape index (κ3) is 6.42. The number of anilines is 2. The van der Waals surface area contributed by atoms with Crippen LogP contribution in [0.4, 0.5) is 16.2 Å². The van der Waals surface area contributed by atoms with Crippen LogP contribution in [-0.4, -0.2) is 24.1 Å². The van der Waals surface area contributed by atoms with E-state index < -0.39 is 6.03 Å². The lowest BCUT2D eigenvalue weighted by molar-refractivity contribution is -0.125. The summed E-state index contributed by atoms with van der Waals surface area (Å²) in [5, 5.41) is 5.12. The molecule has 19 heavy (non-hydrogen) atoms. The smallest absolute Gasteiger partial charge is 0.316 e. The summed E-state index contributed by atoms with van der Waals surface area (Å²) in [6.07, 6.45) is 0. The molecule has 0 radical (unpaired) electrons. The average Bonchev–Trinajstić information content (AvgIpc) is 2.28. The van der Waals surface area contributed by atoms with E-state index in [1.165, 1.54) is 0 Å². The molecule has 0 heterocycles. The van der Waals surface area contributed by atoms with Crippen LogP contribution in [0.15, 0.2) is 24.3 Å². The van der Waals surface area contributed by atoms with E-state index in [0.29, 0.717) is 11.4 Å². The number of carbonyl (C=O) groups is 2. The van der Waals surface area contributed by atoms with Gasteiger partial charge in [0, 0.05) is 11.4 Å². The highest BCUT2D eigenvalue weighted by Crippen LogP contribution is 2.13. The third-order valence-corrected chi connectivity index (χ3v) is 2.07. The van der Waals surface area contributed by atoms with E-state index in [1.807, 2.05) is 20.8 Å². The van der Waals surface area contributed by atoms with Crippen LogP contribution in [0, 0.1) is 0 Å². The minimum absolute atomic E-state index is 0.00914. The van der Waals surface area contributed by atoms with Gasteiger partial charge in [-0.3, -0.25) is 4.79 Å². The van der Waals surface area contributed by atoms with Gasteiger partial charge < -0.3 is 21.1 Å². The van der Waals surface area contributed by atoms with Crippen molar-refractivity contribution in [1.29, 1.82) is 0 Å². The first kappa shape index (κ1) is 15.0. The fourth-order valence-corrected chi connectivity index (χ4v) is 1.26. The van der Waals surface area contributed by atoms with Gasteiger partial charge in [0.05, 0.1) is 5.60 Å². The van der Waals surface area contributed by atoms with E-state index >= 15 is 0 Å². The Balaban J connectivity index is 2.49. The molecule has 0 unspecified atom stereocenters. The van der Waals surface area contributed by atoms with E-state index in [9.17, 15) is 9.59 Å². The number of nitrogens with one attached hydrogen (secondary N) is 2. The fourth-order valence-electron chi connectivity index (χ4n) is 1.26. The number of carbonyl (C=O) groups excluding carboxylic acids is 2. The van der Waals surface area contributed by atoms with Crippen LogP contribution >= 0.6 is 0 Å². The van der Waals surface area contributed by atoms with Crippen LogP contribution in [0.3, 0.4) is 0 Å². The van der Waals surface area contributed by atoms with Gasteiger partial charge in [0.15, 0.2) is 0 Å². The molecule has 0 bridgehead atoms. The van der Waals surface area contributed by atoms with Crippen molar-refractivity contribution in [3.63, 3.8) is 0 Å². The van der Waals surface area contributed by atoms with Crippen LogP contribution < -0.4 is 16.4 Å². The molecule has 0 aromatic heterocycles. The highest BCUT2D eigenvalue weighted by molar-refractivity contribution is 5.92. The summed E-state index contributed by atoms with van der Waals surface area (Å²) in [5.41, 5.74) is 5.82. The number of hydrogen-bond donors (Lipinski definition) is 3. The highest BCUT2D eigenvalue weighted by Gasteiger charge is 2.12. The first-order valence-electron chi connectivity index (χ1n) is 5.86. The SMILES string of the molecule is CC(C)(C)OCC(=O)Nc1ccc(NC(N)=O)cc1. The minimum atomic E-state index is -0.629. The number of rotatable bonds is 4. The first-order chi connectivity index (χ1) is 8.76. The second-order valence-electron chi connectivity index (χ2n) is 5.02. The molecule has 3 amide bonds. The maximum absolute atomic E-state index is 11.6. The molecular formula is C13H19N3O3. The summed E-state index contributed by atoms with van der Waals surface area (Å²) in [4.78, 5) is 22.2. The van der Waals surface area contributed by atoms with Gasteiger partial charge in [0.1, 0.15) is 6.61 Å². The van der Waals surface area contributed by atoms with Gasteiger partial charge in [0.2, 0.25) is 5.91 Å². The first-order valence-corrected chi connectivity index (χ1v) is 5.86. The predicted octanol–water partition coefficient (Wildman–Crippen LogP) is 1.93. The van der Waals surface area contributed by atoms with Crippen molar-refractivity contribution in [3.8, 4) is 0 Å². The van der Waals surface area contributed by atoms with Crippen molar-refractivity contribution in [2.75, 3.05) is 17.2 Å². The Morgan fingerprint density at radius 2 is 1.58 bits per heavy atom. The van der Waals surface area contributed by atoms with Crippen molar-refractivity contribution in [2.24, 2.45) is 5.73 Å². The lowest BCUT2D eigenvalue weighted by atomic mass is 10.2. The maximum Gasteiger partial charge on any atom is 0.316 e. The zero-order valence-electron chi connectivity index (χ0n) is 11.3. The Hall–Kier alpha value is -2.08. The van der Waals surface area contributed by atoms with Crippen LogP contribution in [0.2, 0.25) is 0 Å². The van der Waals surface area contributed by atoms with E-state index in [1.54, 1.807) is 24.3 Å². The molecule has 1 rings (SSSR count). The predicted molar refractivity (Wildman–Crippen MR) is 74.0 cm³/mol. The van der Waals surface area contributed by atoms with Crippen molar-refractivity contribution in [3.05, 3.63) is 24.3 Å². The number of benzene rings is 1. The second kappa shape index (κ2) is 6.19. The summed E-state index contributed by atoms with van der Waals surface area (Å²) < 4.78 is 5.35. The third-order valence-electron chi connectivity index (χ3n) is 2.07. The molecule has 0 fully saturated rings. The highest BCUT2D eigenvalue weighted by atomic mass is 16.5. The monoisotopic (exact) mass is 265 g/mol. The largest absolute Gasteiger partial charge is 0.366 e.